The molecule has 1 rings (SSSR count). The second kappa shape index (κ2) is 3.61. The fourth-order valence-electron chi connectivity index (χ4n) is 0.655. The smallest absolute Gasteiger partial charge is 0.328 e. The van der Waals surface area contributed by atoms with E-state index in [-0.39, 0.29) is 0 Å². The summed E-state index contributed by atoms with van der Waals surface area (Å²) in [7, 11) is 0. The zero-order valence-corrected chi connectivity index (χ0v) is 6.56. The van der Waals surface area contributed by atoms with Gasteiger partial charge in [0.2, 0.25) is 0 Å². The number of hydrogen-bond acceptors (Lipinski definition) is 3. The number of aromatic nitrogens is 2. The van der Waals surface area contributed by atoms with Gasteiger partial charge in [-0.2, -0.15) is 10.2 Å². The van der Waals surface area contributed by atoms with Crippen molar-refractivity contribution in [2.24, 2.45) is 0 Å². The molecule has 0 bridgehead atoms. The monoisotopic (exact) mass is 164 g/mol. The maximum atomic E-state index is 10.1. The Hall–Kier alpha value is -1.71. The highest BCUT2D eigenvalue weighted by molar-refractivity contribution is 5.84. The summed E-state index contributed by atoms with van der Waals surface area (Å²) in [6, 6.07) is 3.48. The van der Waals surface area contributed by atoms with E-state index in [0.29, 0.717) is 5.69 Å². The molecule has 0 aliphatic carbocycles. The average molecular weight is 164 g/mol. The van der Waals surface area contributed by atoms with Crippen molar-refractivity contribution < 1.29 is 9.90 Å². The number of nitrogens with zero attached hydrogens (tertiary/aromatic N) is 2. The number of hydrogen-bond donors (Lipinski definition) is 1. The molecular weight excluding hydrogens is 156 g/mol. The number of rotatable bonds is 2. The van der Waals surface area contributed by atoms with Crippen molar-refractivity contribution >= 4 is 12.0 Å². The van der Waals surface area contributed by atoms with Crippen LogP contribution in [0.15, 0.2) is 18.2 Å². The first-order valence-electron chi connectivity index (χ1n) is 3.40. The molecule has 0 aromatic carbocycles. The van der Waals surface area contributed by atoms with Crippen LogP contribution in [-0.2, 0) is 4.79 Å². The van der Waals surface area contributed by atoms with Crippen molar-refractivity contribution in [1.29, 1.82) is 0 Å². The quantitative estimate of drug-likeness (QED) is 0.659. The molecule has 0 amide bonds. The van der Waals surface area contributed by atoms with E-state index in [9.17, 15) is 4.79 Å². The lowest BCUT2D eigenvalue weighted by Crippen LogP contribution is -1.90. The fourth-order valence-corrected chi connectivity index (χ4v) is 0.655. The summed E-state index contributed by atoms with van der Waals surface area (Å²) in [5.41, 5.74) is 1.35. The molecule has 0 radical (unpaired) electrons. The summed E-state index contributed by atoms with van der Waals surface area (Å²) in [5.74, 6) is -0.989. The molecule has 4 heteroatoms. The Kier molecular flexibility index (Phi) is 2.53. The zero-order chi connectivity index (χ0) is 8.97. The summed E-state index contributed by atoms with van der Waals surface area (Å²) < 4.78 is 0. The van der Waals surface area contributed by atoms with Crippen molar-refractivity contribution in [1.82, 2.24) is 10.2 Å². The summed E-state index contributed by atoms with van der Waals surface area (Å²) in [6.07, 6.45) is 2.42. The van der Waals surface area contributed by atoms with Crippen LogP contribution in [0.3, 0.4) is 0 Å². The molecule has 12 heavy (non-hydrogen) atoms. The zero-order valence-electron chi connectivity index (χ0n) is 6.56. The molecule has 0 unspecified atom stereocenters. The minimum absolute atomic E-state index is 0.544. The topological polar surface area (TPSA) is 63.1 Å². The molecule has 0 saturated heterocycles. The third-order valence-electron chi connectivity index (χ3n) is 1.22. The molecule has 1 aromatic rings. The molecule has 0 fully saturated rings. The molecule has 1 aromatic heterocycles. The van der Waals surface area contributed by atoms with Crippen LogP contribution in [0.1, 0.15) is 11.4 Å². The van der Waals surface area contributed by atoms with Gasteiger partial charge in [0.15, 0.2) is 0 Å². The third kappa shape index (κ3) is 2.49. The molecule has 0 atom stereocenters. The van der Waals surface area contributed by atoms with Gasteiger partial charge in [-0.15, -0.1) is 0 Å². The first kappa shape index (κ1) is 8.39. The molecule has 0 saturated carbocycles. The number of aryl methyl sites for hydroxylation is 1. The minimum atomic E-state index is -0.989. The molecule has 4 nitrogen and oxygen atoms in total. The minimum Gasteiger partial charge on any atom is -0.478 e. The molecule has 0 spiro atoms. The van der Waals surface area contributed by atoms with Crippen LogP contribution < -0.4 is 0 Å². The van der Waals surface area contributed by atoms with Gasteiger partial charge in [0.1, 0.15) is 0 Å². The largest absolute Gasteiger partial charge is 0.478 e. The van der Waals surface area contributed by atoms with Gasteiger partial charge in [-0.25, -0.2) is 4.79 Å². The number of carboxylic acids is 1. The Bertz CT molecular complexity index is 303. The van der Waals surface area contributed by atoms with Gasteiger partial charge in [-0.1, -0.05) is 0 Å². The summed E-state index contributed by atoms with van der Waals surface area (Å²) in [6.45, 7) is 1.82. The summed E-state index contributed by atoms with van der Waals surface area (Å²) in [5, 5.41) is 15.8. The van der Waals surface area contributed by atoms with Crippen molar-refractivity contribution in [3.63, 3.8) is 0 Å². The second-order valence-electron chi connectivity index (χ2n) is 2.27. The molecule has 1 heterocycles. The first-order valence-corrected chi connectivity index (χ1v) is 3.40. The SMILES string of the molecule is Cc1ccc(/C=C/C(=O)O)nn1. The Morgan fingerprint density at radius 1 is 1.50 bits per heavy atom. The van der Waals surface area contributed by atoms with Crippen LogP contribution in [0.25, 0.3) is 6.08 Å². The lowest BCUT2D eigenvalue weighted by atomic mass is 10.3. The average Bonchev–Trinajstić information content (AvgIpc) is 2.03. The van der Waals surface area contributed by atoms with E-state index < -0.39 is 5.97 Å². The van der Waals surface area contributed by atoms with Crippen molar-refractivity contribution in [2.45, 2.75) is 6.92 Å². The Morgan fingerprint density at radius 3 is 2.75 bits per heavy atom. The van der Waals surface area contributed by atoms with E-state index in [0.717, 1.165) is 11.8 Å². The third-order valence-corrected chi connectivity index (χ3v) is 1.22. The second-order valence-corrected chi connectivity index (χ2v) is 2.27. The van der Waals surface area contributed by atoms with E-state index >= 15 is 0 Å². The highest BCUT2D eigenvalue weighted by atomic mass is 16.4. The number of aliphatic carboxylic acids is 1. The standard InChI is InChI=1S/C8H8N2O2/c1-6-2-3-7(10-9-6)4-5-8(11)12/h2-5H,1H3,(H,11,12)/b5-4+. The van der Waals surface area contributed by atoms with Crippen LogP contribution in [0.4, 0.5) is 0 Å². The Labute approximate surface area is 69.6 Å². The highest BCUT2D eigenvalue weighted by Gasteiger charge is 1.90. The number of carbonyl (C=O) groups is 1. The molecular formula is C8H8N2O2. The van der Waals surface area contributed by atoms with Gasteiger partial charge in [0.05, 0.1) is 11.4 Å². The van der Waals surface area contributed by atoms with Crippen LogP contribution in [0.2, 0.25) is 0 Å². The van der Waals surface area contributed by atoms with Gasteiger partial charge in [0, 0.05) is 6.08 Å². The van der Waals surface area contributed by atoms with Crippen LogP contribution in [0, 0.1) is 6.92 Å². The van der Waals surface area contributed by atoms with Crippen LogP contribution >= 0.6 is 0 Å². The van der Waals surface area contributed by atoms with Crippen molar-refractivity contribution in [3.05, 3.63) is 29.6 Å². The van der Waals surface area contributed by atoms with E-state index in [4.69, 9.17) is 5.11 Å². The summed E-state index contributed by atoms with van der Waals surface area (Å²) >= 11 is 0. The van der Waals surface area contributed by atoms with Crippen LogP contribution in [-0.4, -0.2) is 21.3 Å². The predicted octanol–water partition coefficient (Wildman–Crippen LogP) is 0.883. The maximum absolute atomic E-state index is 10.1. The van der Waals surface area contributed by atoms with E-state index in [1.807, 2.05) is 6.92 Å². The van der Waals surface area contributed by atoms with E-state index in [1.54, 1.807) is 12.1 Å². The predicted molar refractivity (Wildman–Crippen MR) is 43.4 cm³/mol. The summed E-state index contributed by atoms with van der Waals surface area (Å²) in [4.78, 5) is 10.1. The molecule has 0 aliphatic rings. The van der Waals surface area contributed by atoms with Crippen LogP contribution in [0.5, 0.6) is 0 Å². The van der Waals surface area contributed by atoms with Gasteiger partial charge in [0.25, 0.3) is 0 Å². The maximum Gasteiger partial charge on any atom is 0.328 e. The number of carboxylic acid groups (broad SMARTS) is 1. The first-order chi connectivity index (χ1) is 5.68. The fraction of sp³-hybridized carbons (Fsp3) is 0.125. The normalized spacial score (nSPS) is 10.4. The van der Waals surface area contributed by atoms with Crippen molar-refractivity contribution in [3.8, 4) is 0 Å². The lowest BCUT2D eigenvalue weighted by molar-refractivity contribution is -0.131. The van der Waals surface area contributed by atoms with E-state index in [2.05, 4.69) is 10.2 Å². The van der Waals surface area contributed by atoms with Gasteiger partial charge in [-0.05, 0) is 25.1 Å². The van der Waals surface area contributed by atoms with Gasteiger partial charge >= 0.3 is 5.97 Å². The Balaban J connectivity index is 2.77. The lowest BCUT2D eigenvalue weighted by Gasteiger charge is -1.90. The Morgan fingerprint density at radius 2 is 2.25 bits per heavy atom. The molecule has 62 valence electrons. The van der Waals surface area contributed by atoms with Crippen molar-refractivity contribution in [2.75, 3.05) is 0 Å². The van der Waals surface area contributed by atoms with E-state index in [1.165, 1.54) is 6.08 Å². The van der Waals surface area contributed by atoms with Gasteiger partial charge < -0.3 is 5.11 Å². The molecule has 1 N–H and O–H groups in total. The highest BCUT2D eigenvalue weighted by Crippen LogP contribution is 1.96. The molecule has 0 aliphatic heterocycles. The van der Waals surface area contributed by atoms with Gasteiger partial charge in [-0.3, -0.25) is 0 Å².